The Labute approximate surface area is 192 Å². The van der Waals surface area contributed by atoms with Gasteiger partial charge in [-0.1, -0.05) is 36.4 Å². The maximum atomic E-state index is 12.2. The highest BCUT2D eigenvalue weighted by molar-refractivity contribution is 14.0. The molecule has 0 bridgehead atoms. The number of benzene rings is 2. The van der Waals surface area contributed by atoms with Crippen molar-refractivity contribution in [2.45, 2.75) is 32.8 Å². The van der Waals surface area contributed by atoms with E-state index >= 15 is 0 Å². The zero-order chi connectivity index (χ0) is 21.1. The van der Waals surface area contributed by atoms with E-state index in [4.69, 9.17) is 4.74 Å². The first-order valence-electron chi connectivity index (χ1n) is 9.33. The van der Waals surface area contributed by atoms with Gasteiger partial charge in [-0.3, -0.25) is 0 Å². The molecule has 0 spiro atoms. The van der Waals surface area contributed by atoms with Gasteiger partial charge in [-0.05, 0) is 35.7 Å². The predicted octanol–water partition coefficient (Wildman–Crippen LogP) is 3.84. The van der Waals surface area contributed by atoms with Gasteiger partial charge in [-0.2, -0.15) is 8.78 Å². The Kier molecular flexibility index (Phi) is 12.2. The summed E-state index contributed by atoms with van der Waals surface area (Å²) in [6.07, 6.45) is -0.829. The predicted molar refractivity (Wildman–Crippen MR) is 123 cm³/mol. The lowest BCUT2D eigenvalue weighted by Gasteiger charge is -2.16. The molecule has 0 amide bonds. The smallest absolute Gasteiger partial charge is 0.387 e. The van der Waals surface area contributed by atoms with Gasteiger partial charge in [0.1, 0.15) is 5.75 Å². The number of hydrogen-bond acceptors (Lipinski definition) is 4. The average Bonchev–Trinajstić information content (AvgIpc) is 2.70. The summed E-state index contributed by atoms with van der Waals surface area (Å²) in [5, 5.41) is 16.6. The van der Waals surface area contributed by atoms with Crippen LogP contribution in [0.15, 0.2) is 53.5 Å². The largest absolute Gasteiger partial charge is 0.435 e. The van der Waals surface area contributed by atoms with Crippen LogP contribution in [0.25, 0.3) is 0 Å². The number of nitrogens with zero attached hydrogens (tertiary/aromatic N) is 1. The summed E-state index contributed by atoms with van der Waals surface area (Å²) in [5.41, 5.74) is 2.71. The summed E-state index contributed by atoms with van der Waals surface area (Å²) in [6.45, 7) is 0.984. The highest BCUT2D eigenvalue weighted by Crippen LogP contribution is 2.19. The molecule has 166 valence electrons. The summed E-state index contributed by atoms with van der Waals surface area (Å²) in [4.78, 5) is 4.54. The molecule has 3 N–H and O–H groups in total. The van der Waals surface area contributed by atoms with Crippen LogP contribution in [-0.4, -0.2) is 37.9 Å². The van der Waals surface area contributed by atoms with Gasteiger partial charge in [-0.15, -0.1) is 24.0 Å². The first kappa shape index (κ1) is 26.1. The molecule has 1 atom stereocenters. The summed E-state index contributed by atoms with van der Waals surface area (Å²) in [6, 6.07) is 13.9. The number of aliphatic imine (C=N–C) groups is 1. The summed E-state index contributed by atoms with van der Waals surface area (Å²) in [7, 11) is 1.66. The van der Waals surface area contributed by atoms with E-state index in [0.29, 0.717) is 31.2 Å². The molecule has 0 aliphatic heterocycles. The number of halogens is 3. The van der Waals surface area contributed by atoms with Gasteiger partial charge in [0.2, 0.25) is 0 Å². The van der Waals surface area contributed by atoms with E-state index in [0.717, 1.165) is 11.1 Å². The lowest BCUT2D eigenvalue weighted by Crippen LogP contribution is -2.39. The van der Waals surface area contributed by atoms with Crippen LogP contribution in [0.1, 0.15) is 29.7 Å². The van der Waals surface area contributed by atoms with Gasteiger partial charge >= 0.3 is 6.61 Å². The second-order valence-corrected chi connectivity index (χ2v) is 6.29. The van der Waals surface area contributed by atoms with Crippen LogP contribution in [0.5, 0.6) is 5.75 Å². The van der Waals surface area contributed by atoms with Gasteiger partial charge in [0, 0.05) is 20.2 Å². The molecule has 0 aliphatic rings. The van der Waals surface area contributed by atoms with Gasteiger partial charge in [-0.25, -0.2) is 4.99 Å². The van der Waals surface area contributed by atoms with Crippen LogP contribution in [0, 0.1) is 0 Å². The molecule has 6 nitrogen and oxygen atoms in total. The summed E-state index contributed by atoms with van der Waals surface area (Å²) >= 11 is 0. The van der Waals surface area contributed by atoms with Crippen molar-refractivity contribution in [2.24, 2.45) is 4.99 Å². The van der Waals surface area contributed by atoms with E-state index in [-0.39, 0.29) is 36.3 Å². The standard InChI is InChI=1S/C21H27F2N3O3.HI/c1-3-24-21(25-12-15-5-4-6-16(11-15)14-28-2)26-13-19(27)17-7-9-18(10-8-17)29-20(22)23;/h4-11,19-20,27H,3,12-14H2,1-2H3,(H2,24,25,26);1H. The zero-order valence-corrected chi connectivity index (χ0v) is 19.3. The number of nitrogens with one attached hydrogen (secondary N) is 2. The molecular formula is C21H28F2IN3O3. The van der Waals surface area contributed by atoms with Crippen molar-refractivity contribution >= 4 is 29.9 Å². The Bertz CT molecular complexity index is 776. The number of guanidine groups is 1. The van der Waals surface area contributed by atoms with Crippen molar-refractivity contribution in [1.29, 1.82) is 0 Å². The molecule has 2 aromatic rings. The highest BCUT2D eigenvalue weighted by Gasteiger charge is 2.10. The molecule has 0 aromatic heterocycles. The van der Waals surface area contributed by atoms with Gasteiger partial charge < -0.3 is 25.2 Å². The fraction of sp³-hybridized carbons (Fsp3) is 0.381. The van der Waals surface area contributed by atoms with Crippen molar-refractivity contribution in [3.8, 4) is 5.75 Å². The second kappa shape index (κ2) is 14.1. The lowest BCUT2D eigenvalue weighted by molar-refractivity contribution is -0.0498. The SMILES string of the molecule is CCNC(=NCc1cccc(COC)c1)NCC(O)c1ccc(OC(F)F)cc1.I. The molecule has 0 aliphatic carbocycles. The first-order valence-corrected chi connectivity index (χ1v) is 9.33. The minimum absolute atomic E-state index is 0. The highest BCUT2D eigenvalue weighted by atomic mass is 127. The van der Waals surface area contributed by atoms with Crippen molar-refractivity contribution in [1.82, 2.24) is 10.6 Å². The third-order valence-electron chi connectivity index (χ3n) is 4.02. The van der Waals surface area contributed by atoms with Crippen molar-refractivity contribution in [3.63, 3.8) is 0 Å². The maximum Gasteiger partial charge on any atom is 0.387 e. The van der Waals surface area contributed by atoms with Gasteiger partial charge in [0.25, 0.3) is 0 Å². The number of alkyl halides is 2. The third-order valence-corrected chi connectivity index (χ3v) is 4.02. The fourth-order valence-corrected chi connectivity index (χ4v) is 2.68. The van der Waals surface area contributed by atoms with Crippen molar-refractivity contribution in [3.05, 3.63) is 65.2 Å². The van der Waals surface area contributed by atoms with E-state index in [1.807, 2.05) is 31.2 Å². The Morgan fingerprint density at radius 2 is 1.80 bits per heavy atom. The van der Waals surface area contributed by atoms with Crippen LogP contribution in [0.3, 0.4) is 0 Å². The first-order chi connectivity index (χ1) is 14.0. The second-order valence-electron chi connectivity index (χ2n) is 6.29. The third kappa shape index (κ3) is 9.23. The number of aliphatic hydroxyl groups is 1. The van der Waals surface area contributed by atoms with Crippen LogP contribution < -0.4 is 15.4 Å². The number of methoxy groups -OCH3 is 1. The molecule has 0 heterocycles. The van der Waals surface area contributed by atoms with Gasteiger partial charge in [0.15, 0.2) is 5.96 Å². The summed E-state index contributed by atoms with van der Waals surface area (Å²) < 4.78 is 33.9. The lowest BCUT2D eigenvalue weighted by atomic mass is 10.1. The fourth-order valence-electron chi connectivity index (χ4n) is 2.68. The van der Waals surface area contributed by atoms with Crippen LogP contribution in [-0.2, 0) is 17.9 Å². The molecule has 0 radical (unpaired) electrons. The quantitative estimate of drug-likeness (QED) is 0.245. The Balaban J connectivity index is 0.00000450. The molecule has 9 heteroatoms. The molecule has 1 unspecified atom stereocenters. The van der Waals surface area contributed by atoms with E-state index in [9.17, 15) is 13.9 Å². The molecule has 0 saturated carbocycles. The maximum absolute atomic E-state index is 12.2. The number of rotatable bonds is 10. The molecule has 2 rings (SSSR count). The van der Waals surface area contributed by atoms with Crippen molar-refractivity contribution < 1.29 is 23.4 Å². The molecule has 2 aromatic carbocycles. The minimum Gasteiger partial charge on any atom is -0.435 e. The molecule has 0 saturated heterocycles. The van der Waals surface area contributed by atoms with E-state index in [1.54, 1.807) is 19.2 Å². The number of aliphatic hydroxyl groups excluding tert-OH is 1. The summed E-state index contributed by atoms with van der Waals surface area (Å²) in [5.74, 6) is 0.621. The zero-order valence-electron chi connectivity index (χ0n) is 17.0. The normalized spacial score (nSPS) is 12.3. The van der Waals surface area contributed by atoms with E-state index in [2.05, 4.69) is 20.4 Å². The van der Waals surface area contributed by atoms with Crippen LogP contribution in [0.2, 0.25) is 0 Å². The Hall–Kier alpha value is -1.98. The molecule has 0 fully saturated rings. The Morgan fingerprint density at radius 1 is 1.10 bits per heavy atom. The van der Waals surface area contributed by atoms with E-state index in [1.165, 1.54) is 12.1 Å². The number of hydrogen-bond donors (Lipinski definition) is 3. The Morgan fingerprint density at radius 3 is 2.43 bits per heavy atom. The topological polar surface area (TPSA) is 75.1 Å². The van der Waals surface area contributed by atoms with Crippen LogP contribution >= 0.6 is 24.0 Å². The van der Waals surface area contributed by atoms with Crippen LogP contribution in [0.4, 0.5) is 8.78 Å². The van der Waals surface area contributed by atoms with Crippen molar-refractivity contribution in [2.75, 3.05) is 20.2 Å². The average molecular weight is 535 g/mol. The monoisotopic (exact) mass is 535 g/mol. The van der Waals surface area contributed by atoms with E-state index < -0.39 is 12.7 Å². The molecular weight excluding hydrogens is 507 g/mol. The molecule has 30 heavy (non-hydrogen) atoms. The van der Waals surface area contributed by atoms with Gasteiger partial charge in [0.05, 0.1) is 19.3 Å². The minimum atomic E-state index is -2.87. The number of ether oxygens (including phenoxy) is 2.